The molecule has 6 heteroatoms. The number of pyridine rings is 1. The van der Waals surface area contributed by atoms with E-state index in [-0.39, 0.29) is 5.91 Å². The molecule has 136 valence electrons. The van der Waals surface area contributed by atoms with Gasteiger partial charge in [-0.05, 0) is 30.5 Å². The number of benzene rings is 1. The van der Waals surface area contributed by atoms with E-state index in [2.05, 4.69) is 22.4 Å². The van der Waals surface area contributed by atoms with Crippen LogP contribution in [0.15, 0.2) is 48.7 Å². The minimum absolute atomic E-state index is 0.00900. The van der Waals surface area contributed by atoms with Crippen LogP contribution in [0.4, 0.5) is 5.82 Å². The van der Waals surface area contributed by atoms with Crippen LogP contribution in [-0.4, -0.2) is 59.8 Å². The zero-order valence-corrected chi connectivity index (χ0v) is 14.8. The summed E-state index contributed by atoms with van der Waals surface area (Å²) in [7, 11) is 0. The van der Waals surface area contributed by atoms with E-state index in [4.69, 9.17) is 0 Å². The lowest BCUT2D eigenvalue weighted by molar-refractivity contribution is -0.119. The van der Waals surface area contributed by atoms with Gasteiger partial charge in [0.2, 0.25) is 6.41 Å². The van der Waals surface area contributed by atoms with Crippen LogP contribution in [0, 0.1) is 0 Å². The van der Waals surface area contributed by atoms with Gasteiger partial charge < -0.3 is 15.1 Å². The molecule has 1 N–H and O–H groups in total. The number of amides is 2. The summed E-state index contributed by atoms with van der Waals surface area (Å²) < 4.78 is 0. The van der Waals surface area contributed by atoms with E-state index in [1.165, 1.54) is 5.56 Å². The Morgan fingerprint density at radius 3 is 2.62 bits per heavy atom. The zero-order valence-electron chi connectivity index (χ0n) is 14.8. The number of carbonyl (C=O) groups is 2. The van der Waals surface area contributed by atoms with Crippen molar-refractivity contribution >= 4 is 18.1 Å². The Hall–Kier alpha value is -2.89. The Morgan fingerprint density at radius 1 is 1.12 bits per heavy atom. The summed E-state index contributed by atoms with van der Waals surface area (Å²) in [5, 5.41) is 3.29. The van der Waals surface area contributed by atoms with Crippen LogP contribution < -0.4 is 5.32 Å². The maximum Gasteiger partial charge on any atom is 0.254 e. The normalized spacial score (nSPS) is 14.2. The van der Waals surface area contributed by atoms with Gasteiger partial charge in [-0.3, -0.25) is 9.59 Å². The molecule has 1 aromatic carbocycles. The van der Waals surface area contributed by atoms with Gasteiger partial charge in [-0.1, -0.05) is 30.3 Å². The first-order valence-corrected chi connectivity index (χ1v) is 8.99. The van der Waals surface area contributed by atoms with Crippen molar-refractivity contribution in [2.75, 3.05) is 38.0 Å². The van der Waals surface area contributed by atoms with E-state index in [1.807, 2.05) is 18.2 Å². The molecular formula is C20H24N4O2. The van der Waals surface area contributed by atoms with Gasteiger partial charge in [0.15, 0.2) is 0 Å². The number of nitrogens with one attached hydrogen (secondary N) is 1. The van der Waals surface area contributed by atoms with Gasteiger partial charge in [-0.25, -0.2) is 4.98 Å². The van der Waals surface area contributed by atoms with Crippen molar-refractivity contribution < 1.29 is 9.59 Å². The molecule has 6 nitrogen and oxygen atoms in total. The summed E-state index contributed by atoms with van der Waals surface area (Å²) >= 11 is 0. The van der Waals surface area contributed by atoms with E-state index in [0.717, 1.165) is 31.6 Å². The van der Waals surface area contributed by atoms with Crippen LogP contribution in [0.25, 0.3) is 0 Å². The Labute approximate surface area is 153 Å². The lowest BCUT2D eigenvalue weighted by atomic mass is 10.1. The second-order valence-electron chi connectivity index (χ2n) is 6.38. The maximum atomic E-state index is 12.6. The fourth-order valence-electron chi connectivity index (χ4n) is 3.03. The number of anilines is 1. The van der Waals surface area contributed by atoms with E-state index in [1.54, 1.807) is 28.1 Å². The molecule has 0 atom stereocenters. The first-order chi connectivity index (χ1) is 12.8. The number of rotatable bonds is 7. The molecule has 3 rings (SSSR count). The third-order valence-electron chi connectivity index (χ3n) is 4.55. The fraction of sp³-hybridized carbons (Fsp3) is 0.350. The summed E-state index contributed by atoms with van der Waals surface area (Å²) in [6, 6.07) is 13.9. The van der Waals surface area contributed by atoms with E-state index >= 15 is 0 Å². The number of piperazine rings is 1. The number of carbonyl (C=O) groups excluding carboxylic acids is 2. The molecule has 2 heterocycles. The van der Waals surface area contributed by atoms with Crippen molar-refractivity contribution in [2.45, 2.75) is 12.8 Å². The Morgan fingerprint density at radius 2 is 1.88 bits per heavy atom. The van der Waals surface area contributed by atoms with Gasteiger partial charge in [0, 0.05) is 44.5 Å². The smallest absolute Gasteiger partial charge is 0.254 e. The minimum atomic E-state index is -0.00900. The molecule has 2 aromatic rings. The van der Waals surface area contributed by atoms with Gasteiger partial charge in [-0.15, -0.1) is 0 Å². The number of hydrogen-bond donors (Lipinski definition) is 1. The highest BCUT2D eigenvalue weighted by molar-refractivity contribution is 5.95. The molecule has 0 radical (unpaired) electrons. The van der Waals surface area contributed by atoms with Crippen LogP contribution in [-0.2, 0) is 11.2 Å². The second-order valence-corrected chi connectivity index (χ2v) is 6.38. The highest BCUT2D eigenvalue weighted by Crippen LogP contribution is 2.12. The summed E-state index contributed by atoms with van der Waals surface area (Å²) in [6.45, 7) is 3.12. The Balaban J connectivity index is 1.49. The topological polar surface area (TPSA) is 65.5 Å². The predicted molar refractivity (Wildman–Crippen MR) is 101 cm³/mol. The van der Waals surface area contributed by atoms with Crippen molar-refractivity contribution in [3.05, 3.63) is 59.8 Å². The van der Waals surface area contributed by atoms with Crippen molar-refractivity contribution in [3.63, 3.8) is 0 Å². The van der Waals surface area contributed by atoms with Gasteiger partial charge >= 0.3 is 0 Å². The summed E-state index contributed by atoms with van der Waals surface area (Å²) in [4.78, 5) is 31.2. The SMILES string of the molecule is O=CN1CCN(C(=O)c2ccnc(NCCCc3ccccc3)c2)CC1. The molecule has 26 heavy (non-hydrogen) atoms. The quantitative estimate of drug-likeness (QED) is 0.612. The molecule has 1 saturated heterocycles. The van der Waals surface area contributed by atoms with Crippen LogP contribution in [0.5, 0.6) is 0 Å². The van der Waals surface area contributed by atoms with E-state index in [0.29, 0.717) is 31.7 Å². The largest absolute Gasteiger partial charge is 0.370 e. The number of nitrogens with zero attached hydrogens (tertiary/aromatic N) is 3. The monoisotopic (exact) mass is 352 g/mol. The van der Waals surface area contributed by atoms with Gasteiger partial charge in [0.05, 0.1) is 0 Å². The molecule has 0 spiro atoms. The summed E-state index contributed by atoms with van der Waals surface area (Å²) in [5.41, 5.74) is 1.95. The number of aromatic nitrogens is 1. The van der Waals surface area contributed by atoms with E-state index < -0.39 is 0 Å². The zero-order chi connectivity index (χ0) is 18.2. The Bertz CT molecular complexity index is 728. The van der Waals surface area contributed by atoms with Crippen molar-refractivity contribution in [1.82, 2.24) is 14.8 Å². The lowest BCUT2D eigenvalue weighted by Crippen LogP contribution is -2.48. The van der Waals surface area contributed by atoms with Gasteiger partial charge in [0.1, 0.15) is 5.82 Å². The third kappa shape index (κ3) is 4.81. The van der Waals surface area contributed by atoms with Crippen molar-refractivity contribution in [3.8, 4) is 0 Å². The molecule has 0 bridgehead atoms. The molecule has 0 saturated carbocycles. The van der Waals surface area contributed by atoms with Crippen LogP contribution in [0.2, 0.25) is 0 Å². The second kappa shape index (κ2) is 8.99. The maximum absolute atomic E-state index is 12.6. The number of aryl methyl sites for hydroxylation is 1. The van der Waals surface area contributed by atoms with Crippen molar-refractivity contribution in [1.29, 1.82) is 0 Å². The van der Waals surface area contributed by atoms with Gasteiger partial charge in [0.25, 0.3) is 5.91 Å². The molecule has 0 unspecified atom stereocenters. The minimum Gasteiger partial charge on any atom is -0.370 e. The standard InChI is InChI=1S/C20H24N4O2/c25-16-23-11-13-24(14-12-23)20(26)18-8-10-22-19(15-18)21-9-4-7-17-5-2-1-3-6-17/h1-3,5-6,8,10,15-16H,4,7,9,11-14H2,(H,21,22). The Kier molecular flexibility index (Phi) is 6.19. The molecule has 1 aliphatic heterocycles. The average molecular weight is 352 g/mol. The molecule has 2 amide bonds. The highest BCUT2D eigenvalue weighted by Gasteiger charge is 2.21. The molecule has 1 fully saturated rings. The average Bonchev–Trinajstić information content (AvgIpc) is 2.72. The highest BCUT2D eigenvalue weighted by atomic mass is 16.2. The van der Waals surface area contributed by atoms with Crippen molar-refractivity contribution in [2.24, 2.45) is 0 Å². The van der Waals surface area contributed by atoms with E-state index in [9.17, 15) is 9.59 Å². The first kappa shape index (κ1) is 17.9. The predicted octanol–water partition coefficient (Wildman–Crippen LogP) is 2.04. The van der Waals surface area contributed by atoms with Crippen LogP contribution >= 0.6 is 0 Å². The number of hydrogen-bond acceptors (Lipinski definition) is 4. The molecular weight excluding hydrogens is 328 g/mol. The fourth-order valence-corrected chi connectivity index (χ4v) is 3.03. The molecule has 1 aromatic heterocycles. The van der Waals surface area contributed by atoms with Gasteiger partial charge in [-0.2, -0.15) is 0 Å². The third-order valence-corrected chi connectivity index (χ3v) is 4.55. The van der Waals surface area contributed by atoms with Crippen LogP contribution in [0.1, 0.15) is 22.3 Å². The molecule has 0 aliphatic carbocycles. The summed E-state index contributed by atoms with van der Waals surface area (Å²) in [6.07, 6.45) is 4.51. The first-order valence-electron chi connectivity index (χ1n) is 8.99. The van der Waals surface area contributed by atoms with Crippen LogP contribution in [0.3, 0.4) is 0 Å². The lowest BCUT2D eigenvalue weighted by Gasteiger charge is -2.32. The molecule has 1 aliphatic rings. The summed E-state index contributed by atoms with van der Waals surface area (Å²) in [5.74, 6) is 0.709.